The number of methoxy groups -OCH3 is 1. The van der Waals surface area contributed by atoms with Gasteiger partial charge in [0.2, 0.25) is 0 Å². The molecule has 0 amide bonds. The van der Waals surface area contributed by atoms with E-state index in [1.54, 1.807) is 13.3 Å². The van der Waals surface area contributed by atoms with Crippen LogP contribution in [0.15, 0.2) is 42.6 Å². The minimum atomic E-state index is 0.0438. The first kappa shape index (κ1) is 19.6. The topological polar surface area (TPSA) is 37.4 Å². The van der Waals surface area contributed by atoms with Gasteiger partial charge in [0.1, 0.15) is 0 Å². The molecule has 1 aromatic heterocycles. The number of benzene rings is 1. The Hall–Kier alpha value is -1.69. The number of rotatable bonds is 7. The fraction of sp³-hybridized carbons (Fsp3) is 0.368. The number of pyridine rings is 1. The van der Waals surface area contributed by atoms with E-state index in [4.69, 9.17) is 28.6 Å². The molecular weight excluding hydrogens is 354 g/mol. The third-order valence-electron chi connectivity index (χ3n) is 3.96. The van der Waals surface area contributed by atoms with Crippen LogP contribution in [0.5, 0.6) is 0 Å². The molecule has 0 aliphatic carbocycles. The smallest absolute Gasteiger partial charge is 0.174 e. The molecule has 4 nitrogen and oxygen atoms in total. The van der Waals surface area contributed by atoms with Crippen LogP contribution >= 0.6 is 23.8 Å². The number of hydrogen-bond acceptors (Lipinski definition) is 3. The van der Waals surface area contributed by atoms with Crippen LogP contribution in [0.2, 0.25) is 5.02 Å². The van der Waals surface area contributed by atoms with Crippen LogP contribution in [-0.2, 0) is 4.74 Å². The van der Waals surface area contributed by atoms with Gasteiger partial charge in [0.25, 0.3) is 0 Å². The van der Waals surface area contributed by atoms with Crippen molar-refractivity contribution >= 4 is 34.6 Å². The van der Waals surface area contributed by atoms with E-state index in [0.717, 1.165) is 29.9 Å². The summed E-state index contributed by atoms with van der Waals surface area (Å²) in [6.45, 7) is 5.55. The van der Waals surface area contributed by atoms with Gasteiger partial charge in [-0.3, -0.25) is 4.98 Å². The van der Waals surface area contributed by atoms with Crippen molar-refractivity contribution in [2.24, 2.45) is 0 Å². The number of thiocarbonyl (C=S) groups is 1. The molecule has 2 rings (SSSR count). The van der Waals surface area contributed by atoms with Crippen molar-refractivity contribution in [3.05, 3.63) is 58.9 Å². The van der Waals surface area contributed by atoms with Crippen LogP contribution < -0.4 is 5.32 Å². The lowest BCUT2D eigenvalue weighted by atomic mass is 10.2. The van der Waals surface area contributed by atoms with Gasteiger partial charge in [-0.05, 0) is 62.3 Å². The van der Waals surface area contributed by atoms with Gasteiger partial charge in [-0.15, -0.1) is 0 Å². The predicted molar refractivity (Wildman–Crippen MR) is 108 cm³/mol. The Labute approximate surface area is 160 Å². The molecule has 1 atom stereocenters. The molecule has 1 aromatic carbocycles. The molecule has 0 bridgehead atoms. The summed E-state index contributed by atoms with van der Waals surface area (Å²) in [5.74, 6) is 0. The predicted octanol–water partition coefficient (Wildman–Crippen LogP) is 4.84. The number of aryl methyl sites for hydroxylation is 1. The molecule has 0 fully saturated rings. The van der Waals surface area contributed by atoms with Gasteiger partial charge < -0.3 is 15.0 Å². The number of nitrogens with zero attached hydrogens (tertiary/aromatic N) is 2. The second-order valence-electron chi connectivity index (χ2n) is 5.88. The molecule has 0 aliphatic rings. The van der Waals surface area contributed by atoms with Crippen LogP contribution in [0.1, 0.15) is 30.6 Å². The molecule has 6 heteroatoms. The van der Waals surface area contributed by atoms with Crippen LogP contribution in [0.3, 0.4) is 0 Å². The Bertz CT molecular complexity index is 696. The highest BCUT2D eigenvalue weighted by atomic mass is 35.5. The lowest BCUT2D eigenvalue weighted by Gasteiger charge is -2.31. The van der Waals surface area contributed by atoms with Crippen molar-refractivity contribution in [3.63, 3.8) is 0 Å². The van der Waals surface area contributed by atoms with Gasteiger partial charge in [-0.25, -0.2) is 0 Å². The van der Waals surface area contributed by atoms with Gasteiger partial charge in [-0.1, -0.05) is 23.7 Å². The maximum Gasteiger partial charge on any atom is 0.174 e. The van der Waals surface area contributed by atoms with Crippen molar-refractivity contribution in [3.8, 4) is 0 Å². The number of hydrogen-bond donors (Lipinski definition) is 1. The maximum absolute atomic E-state index is 6.33. The van der Waals surface area contributed by atoms with Gasteiger partial charge >= 0.3 is 0 Å². The summed E-state index contributed by atoms with van der Waals surface area (Å²) in [4.78, 5) is 6.58. The Kier molecular flexibility index (Phi) is 7.62. The summed E-state index contributed by atoms with van der Waals surface area (Å²) in [5.41, 5.74) is 2.89. The molecule has 0 saturated carbocycles. The minimum Gasteiger partial charge on any atom is -0.385 e. The summed E-state index contributed by atoms with van der Waals surface area (Å²) in [6, 6.07) is 11.8. The largest absolute Gasteiger partial charge is 0.385 e. The zero-order valence-electron chi connectivity index (χ0n) is 14.8. The highest BCUT2D eigenvalue weighted by molar-refractivity contribution is 7.80. The van der Waals surface area contributed by atoms with E-state index in [9.17, 15) is 0 Å². The summed E-state index contributed by atoms with van der Waals surface area (Å²) < 4.78 is 5.18. The molecule has 134 valence electrons. The number of aromatic nitrogens is 1. The van der Waals surface area contributed by atoms with E-state index in [-0.39, 0.29) is 6.04 Å². The standard InChI is InChI=1S/C19H24ClN3OS/c1-14-8-9-18(16(20)13-14)22-19(25)23(11-6-12-24-3)15(2)17-7-4-5-10-21-17/h4-5,7-10,13,15H,6,11-12H2,1-3H3,(H,22,25)/t15-/m1/s1. The Morgan fingerprint density at radius 3 is 2.80 bits per heavy atom. The maximum atomic E-state index is 6.33. The van der Waals surface area contributed by atoms with Gasteiger partial charge in [-0.2, -0.15) is 0 Å². The fourth-order valence-corrected chi connectivity index (χ4v) is 3.18. The average molecular weight is 378 g/mol. The van der Waals surface area contributed by atoms with E-state index in [2.05, 4.69) is 22.1 Å². The third kappa shape index (κ3) is 5.66. The molecule has 0 spiro atoms. The first-order valence-corrected chi connectivity index (χ1v) is 9.05. The molecular formula is C19H24ClN3OS. The van der Waals surface area contributed by atoms with Crippen LogP contribution in [0, 0.1) is 6.92 Å². The SMILES string of the molecule is COCCCN(C(=S)Nc1ccc(C)cc1Cl)[C@H](C)c1ccccn1. The van der Waals surface area contributed by atoms with Crippen LogP contribution in [0.25, 0.3) is 0 Å². The normalized spacial score (nSPS) is 11.8. The highest BCUT2D eigenvalue weighted by Crippen LogP contribution is 2.25. The number of anilines is 1. The quantitative estimate of drug-likeness (QED) is 0.552. The van der Waals surface area contributed by atoms with E-state index in [0.29, 0.717) is 16.7 Å². The van der Waals surface area contributed by atoms with Crippen molar-refractivity contribution in [1.29, 1.82) is 0 Å². The van der Waals surface area contributed by atoms with E-state index in [1.807, 2.05) is 43.3 Å². The van der Waals surface area contributed by atoms with E-state index < -0.39 is 0 Å². The summed E-state index contributed by atoms with van der Waals surface area (Å²) >= 11 is 12.0. The molecule has 1 N–H and O–H groups in total. The van der Waals surface area contributed by atoms with Gasteiger partial charge in [0.15, 0.2) is 5.11 Å². The second kappa shape index (κ2) is 9.70. The summed E-state index contributed by atoms with van der Waals surface area (Å²) in [7, 11) is 1.70. The number of ether oxygens (including phenoxy) is 1. The average Bonchev–Trinajstić information content (AvgIpc) is 2.61. The molecule has 2 aromatic rings. The molecule has 0 aliphatic heterocycles. The third-order valence-corrected chi connectivity index (χ3v) is 4.61. The lowest BCUT2D eigenvalue weighted by molar-refractivity contribution is 0.181. The fourth-order valence-electron chi connectivity index (χ4n) is 2.54. The zero-order chi connectivity index (χ0) is 18.2. The minimum absolute atomic E-state index is 0.0438. The first-order chi connectivity index (χ1) is 12.0. The zero-order valence-corrected chi connectivity index (χ0v) is 16.4. The van der Waals surface area contributed by atoms with E-state index in [1.165, 1.54) is 0 Å². The molecule has 0 unspecified atom stereocenters. The molecule has 0 saturated heterocycles. The van der Waals surface area contributed by atoms with Gasteiger partial charge in [0.05, 0.1) is 22.4 Å². The Balaban J connectivity index is 2.17. The summed E-state index contributed by atoms with van der Waals surface area (Å²) in [5, 5.41) is 4.55. The van der Waals surface area contributed by atoms with Crippen molar-refractivity contribution in [2.75, 3.05) is 25.6 Å². The Morgan fingerprint density at radius 1 is 1.36 bits per heavy atom. The van der Waals surface area contributed by atoms with Crippen LogP contribution in [-0.4, -0.2) is 35.3 Å². The van der Waals surface area contributed by atoms with Crippen molar-refractivity contribution in [2.45, 2.75) is 26.3 Å². The van der Waals surface area contributed by atoms with Crippen molar-refractivity contribution in [1.82, 2.24) is 9.88 Å². The lowest BCUT2D eigenvalue weighted by Crippen LogP contribution is -2.38. The highest BCUT2D eigenvalue weighted by Gasteiger charge is 2.20. The molecule has 1 heterocycles. The van der Waals surface area contributed by atoms with Crippen LogP contribution in [0.4, 0.5) is 5.69 Å². The number of nitrogens with one attached hydrogen (secondary N) is 1. The van der Waals surface area contributed by atoms with Gasteiger partial charge in [0, 0.05) is 26.5 Å². The first-order valence-electron chi connectivity index (χ1n) is 8.26. The number of halogens is 1. The van der Waals surface area contributed by atoms with Crippen molar-refractivity contribution < 1.29 is 4.74 Å². The summed E-state index contributed by atoms with van der Waals surface area (Å²) in [6.07, 6.45) is 2.67. The monoisotopic (exact) mass is 377 g/mol. The molecule has 25 heavy (non-hydrogen) atoms. The molecule has 0 radical (unpaired) electrons. The Morgan fingerprint density at radius 2 is 2.16 bits per heavy atom. The second-order valence-corrected chi connectivity index (χ2v) is 6.68. The van der Waals surface area contributed by atoms with E-state index >= 15 is 0 Å².